The second-order valence-electron chi connectivity index (χ2n) is 6.45. The van der Waals surface area contributed by atoms with Crippen LogP contribution in [0, 0.1) is 0 Å². The molecule has 0 unspecified atom stereocenters. The number of carbonyl (C=O) groups excluding carboxylic acids is 1. The Kier molecular flexibility index (Phi) is 5.52. The van der Waals surface area contributed by atoms with Gasteiger partial charge in [-0.1, -0.05) is 6.07 Å². The molecule has 7 heteroatoms. The number of hydrogen-bond donors (Lipinski definition) is 1. The maximum Gasteiger partial charge on any atom is 0.262 e. The van der Waals surface area contributed by atoms with E-state index in [4.69, 9.17) is 18.6 Å². The molecule has 0 aliphatic carbocycles. The minimum atomic E-state index is -0.273. The van der Waals surface area contributed by atoms with E-state index in [0.29, 0.717) is 34.2 Å². The van der Waals surface area contributed by atoms with E-state index in [1.807, 2.05) is 30.3 Å². The normalized spacial score (nSPS) is 10.6. The molecule has 152 valence electrons. The Morgan fingerprint density at radius 3 is 2.43 bits per heavy atom. The van der Waals surface area contributed by atoms with Gasteiger partial charge in [0, 0.05) is 17.3 Å². The summed E-state index contributed by atoms with van der Waals surface area (Å²) in [5.74, 6) is 2.21. The van der Waals surface area contributed by atoms with Gasteiger partial charge in [-0.15, -0.1) is 0 Å². The van der Waals surface area contributed by atoms with Crippen molar-refractivity contribution in [3.63, 3.8) is 0 Å². The monoisotopic (exact) mass is 404 g/mol. The maximum absolute atomic E-state index is 12.3. The summed E-state index contributed by atoms with van der Waals surface area (Å²) < 4.78 is 21.6. The molecule has 30 heavy (non-hydrogen) atoms. The molecule has 0 spiro atoms. The number of oxazole rings is 1. The molecule has 7 nitrogen and oxygen atoms in total. The summed E-state index contributed by atoms with van der Waals surface area (Å²) in [5, 5.41) is 2.82. The third-order valence-corrected chi connectivity index (χ3v) is 4.42. The van der Waals surface area contributed by atoms with Crippen LogP contribution < -0.4 is 19.5 Å². The predicted octanol–water partition coefficient (Wildman–Crippen LogP) is 4.53. The first-order chi connectivity index (χ1) is 14.6. The number of carbonyl (C=O) groups is 1. The predicted molar refractivity (Wildman–Crippen MR) is 113 cm³/mol. The summed E-state index contributed by atoms with van der Waals surface area (Å²) in [4.78, 5) is 16.8. The number of methoxy groups -OCH3 is 2. The van der Waals surface area contributed by atoms with Crippen molar-refractivity contribution in [1.29, 1.82) is 0 Å². The van der Waals surface area contributed by atoms with Gasteiger partial charge in [-0.2, -0.15) is 0 Å². The molecular weight excluding hydrogens is 384 g/mol. The highest BCUT2D eigenvalue weighted by atomic mass is 16.5. The summed E-state index contributed by atoms with van der Waals surface area (Å²) >= 11 is 0. The summed E-state index contributed by atoms with van der Waals surface area (Å²) in [5.41, 5.74) is 2.73. The van der Waals surface area contributed by atoms with E-state index in [0.717, 1.165) is 11.3 Å². The fourth-order valence-electron chi connectivity index (χ4n) is 2.91. The fourth-order valence-corrected chi connectivity index (χ4v) is 2.91. The topological polar surface area (TPSA) is 82.8 Å². The molecule has 4 rings (SSSR count). The number of aromatic nitrogens is 1. The first kappa shape index (κ1) is 19.3. The van der Waals surface area contributed by atoms with Gasteiger partial charge in [0.2, 0.25) is 5.89 Å². The van der Waals surface area contributed by atoms with Gasteiger partial charge >= 0.3 is 0 Å². The standard InChI is InChI=1S/C23H20N2O5/c1-27-17-6-8-18(9-7-17)29-14-22(26)24-16-5-3-4-15(12-16)23-25-20-13-19(28-2)10-11-21(20)30-23/h3-13H,14H2,1-2H3,(H,24,26). The Bertz CT molecular complexity index is 1170. The second-order valence-corrected chi connectivity index (χ2v) is 6.45. The Hall–Kier alpha value is -4.00. The van der Waals surface area contributed by atoms with Crippen LogP contribution in [0.5, 0.6) is 17.2 Å². The number of nitrogens with one attached hydrogen (secondary N) is 1. The zero-order valence-corrected chi connectivity index (χ0v) is 16.5. The zero-order valence-electron chi connectivity index (χ0n) is 16.5. The largest absolute Gasteiger partial charge is 0.497 e. The number of nitrogens with zero attached hydrogens (tertiary/aromatic N) is 1. The molecule has 0 atom stereocenters. The average molecular weight is 404 g/mol. The summed E-state index contributed by atoms with van der Waals surface area (Å²) in [7, 11) is 3.20. The first-order valence-corrected chi connectivity index (χ1v) is 9.26. The van der Waals surface area contributed by atoms with E-state index in [1.165, 1.54) is 0 Å². The smallest absolute Gasteiger partial charge is 0.262 e. The van der Waals surface area contributed by atoms with Crippen molar-refractivity contribution in [1.82, 2.24) is 4.98 Å². The summed E-state index contributed by atoms with van der Waals surface area (Å²) in [6.45, 7) is -0.112. The van der Waals surface area contributed by atoms with Gasteiger partial charge in [0.1, 0.15) is 22.8 Å². The van der Waals surface area contributed by atoms with Crippen molar-refractivity contribution in [2.45, 2.75) is 0 Å². The van der Waals surface area contributed by atoms with Crippen LogP contribution in [0.3, 0.4) is 0 Å². The molecule has 1 N–H and O–H groups in total. The Morgan fingerprint density at radius 1 is 0.933 bits per heavy atom. The number of ether oxygens (including phenoxy) is 3. The summed E-state index contributed by atoms with van der Waals surface area (Å²) in [6, 6.07) is 19.8. The van der Waals surface area contributed by atoms with Crippen LogP contribution in [0.2, 0.25) is 0 Å². The molecule has 0 aliphatic heterocycles. The van der Waals surface area contributed by atoms with Crippen LogP contribution in [0.1, 0.15) is 0 Å². The molecule has 1 heterocycles. The minimum Gasteiger partial charge on any atom is -0.497 e. The number of anilines is 1. The average Bonchev–Trinajstić information content (AvgIpc) is 3.21. The Morgan fingerprint density at radius 2 is 1.67 bits per heavy atom. The maximum atomic E-state index is 12.3. The highest BCUT2D eigenvalue weighted by Crippen LogP contribution is 2.28. The SMILES string of the molecule is COc1ccc(OCC(=O)Nc2cccc(-c3nc4cc(OC)ccc4o3)c2)cc1. The van der Waals surface area contributed by atoms with Crippen LogP contribution in [-0.4, -0.2) is 31.7 Å². The van der Waals surface area contributed by atoms with E-state index in [2.05, 4.69) is 10.3 Å². The fraction of sp³-hybridized carbons (Fsp3) is 0.130. The molecule has 0 bridgehead atoms. The van der Waals surface area contributed by atoms with E-state index < -0.39 is 0 Å². The van der Waals surface area contributed by atoms with E-state index in [-0.39, 0.29) is 12.5 Å². The molecule has 0 aliphatic rings. The third-order valence-electron chi connectivity index (χ3n) is 4.42. The highest BCUT2D eigenvalue weighted by Gasteiger charge is 2.11. The van der Waals surface area contributed by atoms with Gasteiger partial charge in [0.25, 0.3) is 5.91 Å². The Labute approximate surface area is 173 Å². The van der Waals surface area contributed by atoms with Gasteiger partial charge in [-0.05, 0) is 54.6 Å². The highest BCUT2D eigenvalue weighted by molar-refractivity contribution is 5.92. The van der Waals surface area contributed by atoms with Crippen LogP contribution in [0.25, 0.3) is 22.6 Å². The van der Waals surface area contributed by atoms with Crippen LogP contribution in [0.4, 0.5) is 5.69 Å². The van der Waals surface area contributed by atoms with Gasteiger partial charge in [0.15, 0.2) is 12.2 Å². The lowest BCUT2D eigenvalue weighted by atomic mass is 10.2. The molecule has 4 aromatic rings. The van der Waals surface area contributed by atoms with Gasteiger partial charge < -0.3 is 23.9 Å². The lowest BCUT2D eigenvalue weighted by Gasteiger charge is -2.08. The van der Waals surface area contributed by atoms with Crippen molar-refractivity contribution >= 4 is 22.7 Å². The number of benzene rings is 3. The quantitative estimate of drug-likeness (QED) is 0.487. The van der Waals surface area contributed by atoms with E-state index >= 15 is 0 Å². The molecule has 0 radical (unpaired) electrons. The van der Waals surface area contributed by atoms with Crippen molar-refractivity contribution < 1.29 is 23.4 Å². The van der Waals surface area contributed by atoms with Gasteiger partial charge in [-0.25, -0.2) is 4.98 Å². The Balaban J connectivity index is 1.43. The van der Waals surface area contributed by atoms with Crippen molar-refractivity contribution in [3.8, 4) is 28.7 Å². The molecular formula is C23H20N2O5. The second kappa shape index (κ2) is 8.57. The molecule has 3 aromatic carbocycles. The van der Waals surface area contributed by atoms with E-state index in [9.17, 15) is 4.79 Å². The van der Waals surface area contributed by atoms with E-state index in [1.54, 1.807) is 50.6 Å². The third kappa shape index (κ3) is 4.35. The first-order valence-electron chi connectivity index (χ1n) is 9.26. The molecule has 0 saturated heterocycles. The van der Waals surface area contributed by atoms with Crippen molar-refractivity contribution in [2.75, 3.05) is 26.1 Å². The molecule has 1 aromatic heterocycles. The zero-order chi connectivity index (χ0) is 20.9. The van der Waals surface area contributed by atoms with Crippen molar-refractivity contribution in [2.24, 2.45) is 0 Å². The molecule has 0 saturated carbocycles. The lowest BCUT2D eigenvalue weighted by Crippen LogP contribution is -2.20. The minimum absolute atomic E-state index is 0.112. The lowest BCUT2D eigenvalue weighted by molar-refractivity contribution is -0.118. The van der Waals surface area contributed by atoms with Crippen LogP contribution in [0.15, 0.2) is 71.1 Å². The summed E-state index contributed by atoms with van der Waals surface area (Å²) in [6.07, 6.45) is 0. The van der Waals surface area contributed by atoms with Crippen molar-refractivity contribution in [3.05, 3.63) is 66.7 Å². The molecule has 1 amide bonds. The number of hydrogen-bond acceptors (Lipinski definition) is 6. The van der Waals surface area contributed by atoms with Crippen LogP contribution >= 0.6 is 0 Å². The number of fused-ring (bicyclic) bond motifs is 1. The number of amides is 1. The van der Waals surface area contributed by atoms with Gasteiger partial charge in [0.05, 0.1) is 14.2 Å². The molecule has 0 fully saturated rings. The number of rotatable bonds is 7. The van der Waals surface area contributed by atoms with Crippen LogP contribution in [-0.2, 0) is 4.79 Å². The van der Waals surface area contributed by atoms with Gasteiger partial charge in [-0.3, -0.25) is 4.79 Å².